The number of aliphatic hydroxyl groups excluding tert-OH is 2. The molecule has 0 aliphatic heterocycles. The van der Waals surface area contributed by atoms with Crippen molar-refractivity contribution in [2.45, 2.75) is 32.3 Å². The molecule has 0 saturated carbocycles. The maximum atomic E-state index is 9.65. The van der Waals surface area contributed by atoms with E-state index in [2.05, 4.69) is 6.92 Å². The van der Waals surface area contributed by atoms with Crippen LogP contribution in [0.15, 0.2) is 0 Å². The van der Waals surface area contributed by atoms with Crippen LogP contribution in [-0.4, -0.2) is 142 Å². The smallest absolute Gasteiger partial charge is 0.0773 e. The first-order chi connectivity index (χ1) is 17.3. The molecule has 0 amide bonds. The summed E-state index contributed by atoms with van der Waals surface area (Å²) in [6.45, 7) is 10.9. The second-order valence-corrected chi connectivity index (χ2v) is 7.49. The molecule has 0 bridgehead atoms. The molecule has 0 heterocycles. The van der Waals surface area contributed by atoms with E-state index in [1.54, 1.807) is 0 Å². The van der Waals surface area contributed by atoms with E-state index in [0.29, 0.717) is 119 Å². The first-order valence-electron chi connectivity index (χ1n) is 12.8. The largest absolute Gasteiger partial charge is 0.394 e. The van der Waals surface area contributed by atoms with E-state index >= 15 is 0 Å². The van der Waals surface area contributed by atoms with E-state index in [1.807, 2.05) is 0 Å². The van der Waals surface area contributed by atoms with Gasteiger partial charge in [-0.3, -0.25) is 0 Å². The van der Waals surface area contributed by atoms with Gasteiger partial charge in [0.1, 0.15) is 0 Å². The standard InChI is InChI=1S/C24H50O11/c1-2-3-4-24(26)23-35-22-21-34-20-19-33-18-17-32-16-15-31-14-13-30-12-11-29-10-9-28-8-7-27-6-5-25/h24-26H,2-23H2,1H3. The average molecular weight is 515 g/mol. The number of hydrogen-bond acceptors (Lipinski definition) is 11. The minimum Gasteiger partial charge on any atom is -0.394 e. The lowest BCUT2D eigenvalue weighted by Crippen LogP contribution is -2.18. The highest BCUT2D eigenvalue weighted by molar-refractivity contribution is 4.53. The van der Waals surface area contributed by atoms with Gasteiger partial charge in [-0.1, -0.05) is 19.8 Å². The van der Waals surface area contributed by atoms with Crippen molar-refractivity contribution in [2.75, 3.05) is 126 Å². The molecule has 0 aromatic heterocycles. The Morgan fingerprint density at radius 2 is 0.743 bits per heavy atom. The Balaban J connectivity index is 3.04. The van der Waals surface area contributed by atoms with E-state index in [9.17, 15) is 5.11 Å². The third-order valence-corrected chi connectivity index (χ3v) is 4.41. The predicted octanol–water partition coefficient (Wildman–Crippen LogP) is 0.679. The van der Waals surface area contributed by atoms with Crippen LogP contribution in [-0.2, 0) is 42.6 Å². The van der Waals surface area contributed by atoms with Crippen LogP contribution in [0.4, 0.5) is 0 Å². The Morgan fingerprint density at radius 3 is 1.03 bits per heavy atom. The van der Waals surface area contributed by atoms with E-state index in [1.165, 1.54) is 0 Å². The summed E-state index contributed by atoms with van der Waals surface area (Å²) in [6.07, 6.45) is 2.50. The molecule has 35 heavy (non-hydrogen) atoms. The maximum Gasteiger partial charge on any atom is 0.0773 e. The predicted molar refractivity (Wildman–Crippen MR) is 130 cm³/mol. The molecular formula is C24H50O11. The Bertz CT molecular complexity index is 377. The summed E-state index contributed by atoms with van der Waals surface area (Å²) in [5.41, 5.74) is 0. The molecule has 1 unspecified atom stereocenters. The Morgan fingerprint density at radius 1 is 0.457 bits per heavy atom. The molecule has 0 saturated heterocycles. The highest BCUT2D eigenvalue weighted by Gasteiger charge is 2.02. The van der Waals surface area contributed by atoms with Gasteiger partial charge >= 0.3 is 0 Å². The van der Waals surface area contributed by atoms with Crippen LogP contribution in [0.3, 0.4) is 0 Å². The summed E-state index contributed by atoms with van der Waals surface area (Å²) in [6, 6.07) is 0. The highest BCUT2D eigenvalue weighted by Crippen LogP contribution is 2.00. The highest BCUT2D eigenvalue weighted by atomic mass is 16.6. The fourth-order valence-corrected chi connectivity index (χ4v) is 2.57. The summed E-state index contributed by atoms with van der Waals surface area (Å²) >= 11 is 0. The molecular weight excluding hydrogens is 464 g/mol. The van der Waals surface area contributed by atoms with Crippen molar-refractivity contribution in [1.82, 2.24) is 0 Å². The summed E-state index contributed by atoms with van der Waals surface area (Å²) in [7, 11) is 0. The molecule has 212 valence electrons. The fourth-order valence-electron chi connectivity index (χ4n) is 2.57. The Hall–Kier alpha value is -0.440. The molecule has 0 spiro atoms. The van der Waals surface area contributed by atoms with Crippen LogP contribution in [0, 0.1) is 0 Å². The third kappa shape index (κ3) is 31.5. The molecule has 0 fully saturated rings. The van der Waals surface area contributed by atoms with Gasteiger partial charge in [0, 0.05) is 0 Å². The molecule has 0 aliphatic rings. The molecule has 0 aromatic rings. The summed E-state index contributed by atoms with van der Waals surface area (Å²) in [5, 5.41) is 18.2. The second-order valence-electron chi connectivity index (χ2n) is 7.49. The Labute approximate surface area is 211 Å². The lowest BCUT2D eigenvalue weighted by atomic mass is 10.2. The number of aliphatic hydroxyl groups is 2. The van der Waals surface area contributed by atoms with Crippen LogP contribution < -0.4 is 0 Å². The topological polar surface area (TPSA) is 124 Å². The number of unbranched alkanes of at least 4 members (excludes halogenated alkanes) is 1. The minimum atomic E-state index is -0.380. The van der Waals surface area contributed by atoms with E-state index in [0.717, 1.165) is 19.3 Å². The first-order valence-corrected chi connectivity index (χ1v) is 12.8. The fraction of sp³-hybridized carbons (Fsp3) is 1.00. The van der Waals surface area contributed by atoms with Crippen LogP contribution >= 0.6 is 0 Å². The zero-order valence-corrected chi connectivity index (χ0v) is 21.7. The van der Waals surface area contributed by atoms with Gasteiger partial charge in [-0.05, 0) is 6.42 Å². The number of ether oxygens (including phenoxy) is 9. The van der Waals surface area contributed by atoms with E-state index in [4.69, 9.17) is 47.7 Å². The molecule has 11 heteroatoms. The molecule has 1 atom stereocenters. The van der Waals surface area contributed by atoms with Crippen LogP contribution in [0.25, 0.3) is 0 Å². The van der Waals surface area contributed by atoms with Gasteiger partial charge in [0.15, 0.2) is 0 Å². The average Bonchev–Trinajstić information content (AvgIpc) is 2.87. The van der Waals surface area contributed by atoms with Crippen molar-refractivity contribution in [2.24, 2.45) is 0 Å². The van der Waals surface area contributed by atoms with Gasteiger partial charge < -0.3 is 52.8 Å². The molecule has 2 N–H and O–H groups in total. The molecule has 0 aromatic carbocycles. The van der Waals surface area contributed by atoms with Crippen molar-refractivity contribution in [3.63, 3.8) is 0 Å². The Kier molecular flexibility index (Phi) is 31.2. The van der Waals surface area contributed by atoms with Gasteiger partial charge in [0.25, 0.3) is 0 Å². The normalized spacial score (nSPS) is 12.4. The molecule has 0 aliphatic carbocycles. The van der Waals surface area contributed by atoms with Crippen molar-refractivity contribution < 1.29 is 52.8 Å². The zero-order chi connectivity index (χ0) is 25.5. The lowest BCUT2D eigenvalue weighted by Gasteiger charge is -2.11. The van der Waals surface area contributed by atoms with Crippen molar-refractivity contribution >= 4 is 0 Å². The molecule has 0 radical (unpaired) electrons. The summed E-state index contributed by atoms with van der Waals surface area (Å²) < 4.78 is 48.3. The molecule has 11 nitrogen and oxygen atoms in total. The minimum absolute atomic E-state index is 0.0276. The van der Waals surface area contributed by atoms with Gasteiger partial charge in [0.2, 0.25) is 0 Å². The van der Waals surface area contributed by atoms with Crippen LogP contribution in [0.2, 0.25) is 0 Å². The molecule has 0 rings (SSSR count). The van der Waals surface area contributed by atoms with Crippen LogP contribution in [0.5, 0.6) is 0 Å². The maximum absolute atomic E-state index is 9.65. The summed E-state index contributed by atoms with van der Waals surface area (Å²) in [5.74, 6) is 0. The van der Waals surface area contributed by atoms with Gasteiger partial charge in [-0.25, -0.2) is 0 Å². The van der Waals surface area contributed by atoms with Crippen molar-refractivity contribution in [3.05, 3.63) is 0 Å². The van der Waals surface area contributed by atoms with Gasteiger partial charge in [-0.15, -0.1) is 0 Å². The first kappa shape index (κ1) is 34.6. The van der Waals surface area contributed by atoms with Crippen molar-refractivity contribution in [1.29, 1.82) is 0 Å². The van der Waals surface area contributed by atoms with Crippen LogP contribution in [0.1, 0.15) is 26.2 Å². The number of hydrogen-bond donors (Lipinski definition) is 2. The van der Waals surface area contributed by atoms with Gasteiger partial charge in [0.05, 0.1) is 132 Å². The summed E-state index contributed by atoms with van der Waals surface area (Å²) in [4.78, 5) is 0. The monoisotopic (exact) mass is 514 g/mol. The van der Waals surface area contributed by atoms with E-state index < -0.39 is 0 Å². The SMILES string of the molecule is CCCCC(O)COCCOCCOCCOCCOCCOCCOCCOCCOCCO. The van der Waals surface area contributed by atoms with E-state index in [-0.39, 0.29) is 12.7 Å². The third-order valence-electron chi connectivity index (χ3n) is 4.41. The zero-order valence-electron chi connectivity index (χ0n) is 21.7. The number of rotatable bonds is 31. The second kappa shape index (κ2) is 31.6. The van der Waals surface area contributed by atoms with Crippen molar-refractivity contribution in [3.8, 4) is 0 Å². The lowest BCUT2D eigenvalue weighted by molar-refractivity contribution is -0.0286. The van der Waals surface area contributed by atoms with Gasteiger partial charge in [-0.2, -0.15) is 0 Å². The quantitative estimate of drug-likeness (QED) is 0.127.